The third-order valence-corrected chi connectivity index (χ3v) is 4.53. The molecule has 0 saturated heterocycles. The minimum Gasteiger partial charge on any atom is -0.310 e. The minimum absolute atomic E-state index is 0.180. The first-order valence-electron chi connectivity index (χ1n) is 7.34. The molecule has 3 heteroatoms. The molecule has 0 radical (unpaired) electrons. The molecule has 0 atom stereocenters. The molecule has 0 heterocycles. The molecule has 1 fully saturated rings. The lowest BCUT2D eigenvalue weighted by atomic mass is 9.63. The van der Waals surface area contributed by atoms with Crippen LogP contribution in [0.3, 0.4) is 0 Å². The van der Waals surface area contributed by atoms with Crippen LogP contribution in [0, 0.1) is 16.6 Å². The molecule has 1 aliphatic carbocycles. The van der Waals surface area contributed by atoms with Gasteiger partial charge in [0.1, 0.15) is 5.82 Å². The van der Waals surface area contributed by atoms with Gasteiger partial charge in [-0.2, -0.15) is 0 Å². The Kier molecular flexibility index (Phi) is 4.60. The second-order valence-corrected chi connectivity index (χ2v) is 8.68. The van der Waals surface area contributed by atoms with E-state index in [-0.39, 0.29) is 5.82 Å². The summed E-state index contributed by atoms with van der Waals surface area (Å²) in [6.45, 7) is 10.1. The van der Waals surface area contributed by atoms with Crippen molar-refractivity contribution < 1.29 is 4.39 Å². The van der Waals surface area contributed by atoms with E-state index < -0.39 is 0 Å². The largest absolute Gasteiger partial charge is 0.310 e. The van der Waals surface area contributed by atoms with E-state index in [1.807, 2.05) is 6.07 Å². The Morgan fingerprint density at radius 1 is 1.15 bits per heavy atom. The van der Waals surface area contributed by atoms with E-state index >= 15 is 0 Å². The molecule has 0 unspecified atom stereocenters. The fourth-order valence-corrected chi connectivity index (χ4v) is 4.48. The van der Waals surface area contributed by atoms with E-state index in [4.69, 9.17) is 0 Å². The molecule has 1 aliphatic rings. The smallest absolute Gasteiger partial charge is 0.124 e. The minimum atomic E-state index is -0.180. The van der Waals surface area contributed by atoms with E-state index in [9.17, 15) is 4.39 Å². The van der Waals surface area contributed by atoms with Crippen LogP contribution in [0.25, 0.3) is 0 Å². The Morgan fingerprint density at radius 2 is 1.75 bits per heavy atom. The van der Waals surface area contributed by atoms with Gasteiger partial charge in [-0.15, -0.1) is 0 Å². The van der Waals surface area contributed by atoms with Crippen LogP contribution in [0.15, 0.2) is 22.7 Å². The highest BCUT2D eigenvalue weighted by Crippen LogP contribution is 2.45. The fraction of sp³-hybridized carbons (Fsp3) is 0.647. The molecule has 1 aromatic rings. The zero-order valence-electron chi connectivity index (χ0n) is 12.9. The van der Waals surface area contributed by atoms with Gasteiger partial charge in [-0.1, -0.05) is 43.6 Å². The molecular formula is C17H25BrFN. The molecule has 0 spiro atoms. The van der Waals surface area contributed by atoms with E-state index in [2.05, 4.69) is 48.9 Å². The van der Waals surface area contributed by atoms with Crippen molar-refractivity contribution in [3.8, 4) is 0 Å². The number of halogens is 2. The van der Waals surface area contributed by atoms with E-state index in [1.54, 1.807) is 6.07 Å². The van der Waals surface area contributed by atoms with Crippen LogP contribution in [0.4, 0.5) is 4.39 Å². The quantitative estimate of drug-likeness (QED) is 0.788. The summed E-state index contributed by atoms with van der Waals surface area (Å²) >= 11 is 3.35. The highest BCUT2D eigenvalue weighted by atomic mass is 79.9. The molecule has 2 rings (SSSR count). The Bertz CT molecular complexity index is 446. The van der Waals surface area contributed by atoms with Crippen molar-refractivity contribution in [1.82, 2.24) is 5.32 Å². The van der Waals surface area contributed by atoms with Gasteiger partial charge in [0, 0.05) is 17.1 Å². The first kappa shape index (κ1) is 16.0. The summed E-state index contributed by atoms with van der Waals surface area (Å²) < 4.78 is 14.2. The van der Waals surface area contributed by atoms with E-state index in [0.29, 0.717) is 16.9 Å². The first-order valence-corrected chi connectivity index (χ1v) is 8.13. The molecule has 0 aliphatic heterocycles. The second-order valence-electron chi connectivity index (χ2n) is 7.77. The van der Waals surface area contributed by atoms with Gasteiger partial charge in [0.2, 0.25) is 0 Å². The molecule has 112 valence electrons. The summed E-state index contributed by atoms with van der Waals surface area (Å²) in [5, 5.41) is 3.62. The molecule has 0 amide bonds. The van der Waals surface area contributed by atoms with Gasteiger partial charge in [0.25, 0.3) is 0 Å². The summed E-state index contributed by atoms with van der Waals surface area (Å²) in [5.74, 6) is -0.180. The predicted molar refractivity (Wildman–Crippen MR) is 86.1 cm³/mol. The van der Waals surface area contributed by atoms with Gasteiger partial charge in [0.05, 0.1) is 0 Å². The third-order valence-electron chi connectivity index (χ3n) is 4.07. The maximum Gasteiger partial charge on any atom is 0.124 e. The van der Waals surface area contributed by atoms with Crippen molar-refractivity contribution in [3.05, 3.63) is 34.1 Å². The van der Waals surface area contributed by atoms with Gasteiger partial charge in [-0.05, 0) is 53.9 Å². The standard InChI is InChI=1S/C17H25BrFN/c1-16(2)8-15(9-17(3,4)11-16)20-10-12-5-13(18)7-14(19)6-12/h5-7,15,20H,8-11H2,1-4H3. The van der Waals surface area contributed by atoms with Gasteiger partial charge in [-0.3, -0.25) is 0 Å². The van der Waals surface area contributed by atoms with Gasteiger partial charge in [-0.25, -0.2) is 4.39 Å². The van der Waals surface area contributed by atoms with Crippen LogP contribution in [-0.2, 0) is 6.54 Å². The summed E-state index contributed by atoms with van der Waals surface area (Å²) in [5.41, 5.74) is 1.75. The lowest BCUT2D eigenvalue weighted by Crippen LogP contribution is -2.43. The summed E-state index contributed by atoms with van der Waals surface area (Å²) in [6.07, 6.45) is 3.64. The molecule has 1 nitrogen and oxygen atoms in total. The molecule has 1 aromatic carbocycles. The molecule has 0 bridgehead atoms. The Balaban J connectivity index is 1.99. The topological polar surface area (TPSA) is 12.0 Å². The summed E-state index contributed by atoms with van der Waals surface area (Å²) in [4.78, 5) is 0. The van der Waals surface area contributed by atoms with Crippen molar-refractivity contribution >= 4 is 15.9 Å². The average molecular weight is 342 g/mol. The summed E-state index contributed by atoms with van der Waals surface area (Å²) in [7, 11) is 0. The van der Waals surface area contributed by atoms with Crippen molar-refractivity contribution in [1.29, 1.82) is 0 Å². The monoisotopic (exact) mass is 341 g/mol. The maximum absolute atomic E-state index is 13.4. The molecule has 1 N–H and O–H groups in total. The van der Waals surface area contributed by atoms with Crippen molar-refractivity contribution in [2.75, 3.05) is 0 Å². The Hall–Kier alpha value is -0.410. The number of benzene rings is 1. The Labute approximate surface area is 130 Å². The molecular weight excluding hydrogens is 317 g/mol. The maximum atomic E-state index is 13.4. The highest BCUT2D eigenvalue weighted by molar-refractivity contribution is 9.10. The van der Waals surface area contributed by atoms with Crippen LogP contribution in [0.2, 0.25) is 0 Å². The predicted octanol–water partition coefficient (Wildman–Crippen LogP) is 5.28. The first-order chi connectivity index (χ1) is 9.15. The number of rotatable bonds is 3. The normalized spacial score (nSPS) is 21.9. The van der Waals surface area contributed by atoms with Crippen LogP contribution in [0.5, 0.6) is 0 Å². The van der Waals surface area contributed by atoms with Crippen molar-refractivity contribution in [2.24, 2.45) is 10.8 Å². The zero-order chi connectivity index (χ0) is 15.0. The van der Waals surface area contributed by atoms with Crippen LogP contribution >= 0.6 is 15.9 Å². The zero-order valence-corrected chi connectivity index (χ0v) is 14.5. The lowest BCUT2D eigenvalue weighted by Gasteiger charge is -2.45. The van der Waals surface area contributed by atoms with Gasteiger partial charge >= 0.3 is 0 Å². The lowest BCUT2D eigenvalue weighted by molar-refractivity contribution is 0.0845. The SMILES string of the molecule is CC1(C)CC(NCc2cc(F)cc(Br)c2)CC(C)(C)C1. The van der Waals surface area contributed by atoms with Crippen molar-refractivity contribution in [2.45, 2.75) is 59.5 Å². The average Bonchev–Trinajstić information content (AvgIpc) is 2.20. The summed E-state index contributed by atoms with van der Waals surface area (Å²) in [6, 6.07) is 5.60. The van der Waals surface area contributed by atoms with Crippen LogP contribution < -0.4 is 5.32 Å². The molecule has 1 saturated carbocycles. The molecule has 0 aromatic heterocycles. The highest BCUT2D eigenvalue weighted by Gasteiger charge is 2.38. The van der Waals surface area contributed by atoms with Gasteiger partial charge in [0.15, 0.2) is 0 Å². The van der Waals surface area contributed by atoms with E-state index in [0.717, 1.165) is 16.6 Å². The van der Waals surface area contributed by atoms with Crippen LogP contribution in [-0.4, -0.2) is 6.04 Å². The van der Waals surface area contributed by atoms with E-state index in [1.165, 1.54) is 25.3 Å². The third kappa shape index (κ3) is 4.56. The van der Waals surface area contributed by atoms with Crippen LogP contribution in [0.1, 0.15) is 52.5 Å². The second kappa shape index (κ2) is 5.76. The fourth-order valence-electron chi connectivity index (χ4n) is 3.97. The number of nitrogens with one attached hydrogen (secondary N) is 1. The number of hydrogen-bond acceptors (Lipinski definition) is 1. The van der Waals surface area contributed by atoms with Gasteiger partial charge < -0.3 is 5.32 Å². The number of hydrogen-bond donors (Lipinski definition) is 1. The van der Waals surface area contributed by atoms with Crippen molar-refractivity contribution in [3.63, 3.8) is 0 Å². The Morgan fingerprint density at radius 3 is 2.30 bits per heavy atom. The molecule has 20 heavy (non-hydrogen) atoms.